The lowest BCUT2D eigenvalue weighted by molar-refractivity contribution is -0.120. The molecule has 0 saturated carbocycles. The summed E-state index contributed by atoms with van der Waals surface area (Å²) in [6, 6.07) is 7.39. The van der Waals surface area contributed by atoms with Crippen molar-refractivity contribution in [1.29, 1.82) is 0 Å². The monoisotopic (exact) mass is 338 g/mol. The Kier molecular flexibility index (Phi) is 6.38. The highest BCUT2D eigenvalue weighted by molar-refractivity contribution is 6.31. The highest BCUT2D eigenvalue weighted by Crippen LogP contribution is 2.27. The Labute approximate surface area is 141 Å². The van der Waals surface area contributed by atoms with Gasteiger partial charge in [-0.15, -0.1) is 0 Å². The van der Waals surface area contributed by atoms with Crippen LogP contribution in [0.2, 0.25) is 5.02 Å². The number of amides is 3. The third-order valence-electron chi connectivity index (χ3n) is 4.23. The summed E-state index contributed by atoms with van der Waals surface area (Å²) in [5, 5.41) is 2.88. The molecule has 23 heavy (non-hydrogen) atoms. The number of carbonyl (C=O) groups is 2. The standard InChI is InChI=1S/C16H23ClN4O2/c1-12(13-4-2-3-5-14(13)17)21-10-8-20(9-11-21)7-6-15(22)19-16(18)23/h2-5,12H,6-11H2,1H3,(H3,18,19,22,23). The Balaban J connectivity index is 1.79. The molecule has 0 aliphatic carbocycles. The predicted octanol–water partition coefficient (Wildman–Crippen LogP) is 1.60. The molecule has 3 N–H and O–H groups in total. The summed E-state index contributed by atoms with van der Waals surface area (Å²) >= 11 is 6.27. The Hall–Kier alpha value is -1.63. The van der Waals surface area contributed by atoms with E-state index < -0.39 is 6.03 Å². The first-order valence-electron chi connectivity index (χ1n) is 7.77. The van der Waals surface area contributed by atoms with Gasteiger partial charge in [0.05, 0.1) is 0 Å². The van der Waals surface area contributed by atoms with Crippen molar-refractivity contribution in [2.24, 2.45) is 5.73 Å². The zero-order valence-corrected chi connectivity index (χ0v) is 14.1. The zero-order chi connectivity index (χ0) is 16.8. The lowest BCUT2D eigenvalue weighted by Crippen LogP contribution is -2.48. The van der Waals surface area contributed by atoms with Crippen LogP contribution in [-0.4, -0.2) is 54.5 Å². The van der Waals surface area contributed by atoms with Crippen molar-refractivity contribution in [2.75, 3.05) is 32.7 Å². The van der Waals surface area contributed by atoms with Crippen LogP contribution in [0.3, 0.4) is 0 Å². The first-order chi connectivity index (χ1) is 11.0. The van der Waals surface area contributed by atoms with Crippen molar-refractivity contribution in [3.8, 4) is 0 Å². The lowest BCUT2D eigenvalue weighted by atomic mass is 10.1. The number of hydrogen-bond donors (Lipinski definition) is 2. The van der Waals surface area contributed by atoms with E-state index in [0.29, 0.717) is 6.54 Å². The van der Waals surface area contributed by atoms with E-state index in [-0.39, 0.29) is 18.4 Å². The fourth-order valence-electron chi connectivity index (χ4n) is 2.84. The average molecular weight is 339 g/mol. The SMILES string of the molecule is CC(c1ccccc1Cl)N1CCN(CCC(=O)NC(N)=O)CC1. The van der Waals surface area contributed by atoms with Crippen molar-refractivity contribution < 1.29 is 9.59 Å². The Bertz CT molecular complexity index is 559. The summed E-state index contributed by atoms with van der Waals surface area (Å²) in [6.45, 7) is 6.41. The summed E-state index contributed by atoms with van der Waals surface area (Å²) in [7, 11) is 0. The number of rotatable bonds is 5. The molecule has 2 rings (SSSR count). The number of primary amides is 1. The predicted molar refractivity (Wildman–Crippen MR) is 90.2 cm³/mol. The number of hydrogen-bond acceptors (Lipinski definition) is 4. The summed E-state index contributed by atoms with van der Waals surface area (Å²) in [4.78, 5) is 26.6. The van der Waals surface area contributed by atoms with Crippen LogP contribution in [0.4, 0.5) is 4.79 Å². The largest absolute Gasteiger partial charge is 0.351 e. The maximum Gasteiger partial charge on any atom is 0.318 e. The average Bonchev–Trinajstić information content (AvgIpc) is 2.53. The van der Waals surface area contributed by atoms with Crippen molar-refractivity contribution in [1.82, 2.24) is 15.1 Å². The van der Waals surface area contributed by atoms with Crippen LogP contribution >= 0.6 is 11.6 Å². The molecule has 0 spiro atoms. The molecule has 1 aliphatic rings. The topological polar surface area (TPSA) is 78.7 Å². The maximum absolute atomic E-state index is 11.4. The number of piperazine rings is 1. The number of imide groups is 1. The van der Waals surface area contributed by atoms with E-state index in [4.69, 9.17) is 17.3 Å². The van der Waals surface area contributed by atoms with Crippen molar-refractivity contribution in [2.45, 2.75) is 19.4 Å². The molecular formula is C16H23ClN4O2. The lowest BCUT2D eigenvalue weighted by Gasteiger charge is -2.38. The van der Waals surface area contributed by atoms with E-state index in [1.807, 2.05) is 18.2 Å². The van der Waals surface area contributed by atoms with Crippen LogP contribution in [0.1, 0.15) is 24.9 Å². The molecule has 0 bridgehead atoms. The molecule has 1 aromatic carbocycles. The van der Waals surface area contributed by atoms with Gasteiger partial charge in [-0.2, -0.15) is 0 Å². The molecule has 1 heterocycles. The molecule has 0 radical (unpaired) electrons. The highest BCUT2D eigenvalue weighted by atomic mass is 35.5. The normalized spacial score (nSPS) is 17.7. The molecule has 7 heteroatoms. The maximum atomic E-state index is 11.4. The Morgan fingerprint density at radius 1 is 1.26 bits per heavy atom. The van der Waals surface area contributed by atoms with Crippen LogP contribution in [0.5, 0.6) is 0 Å². The molecule has 6 nitrogen and oxygen atoms in total. The minimum absolute atomic E-state index is 0.268. The van der Waals surface area contributed by atoms with Crippen molar-refractivity contribution in [3.63, 3.8) is 0 Å². The van der Waals surface area contributed by atoms with E-state index >= 15 is 0 Å². The van der Waals surface area contributed by atoms with Crippen LogP contribution in [-0.2, 0) is 4.79 Å². The van der Waals surface area contributed by atoms with Crippen LogP contribution in [0.15, 0.2) is 24.3 Å². The first kappa shape index (κ1) is 17.7. The zero-order valence-electron chi connectivity index (χ0n) is 13.3. The van der Waals surface area contributed by atoms with Gasteiger partial charge in [0, 0.05) is 50.2 Å². The fraction of sp³-hybridized carbons (Fsp3) is 0.500. The van der Waals surface area contributed by atoms with Gasteiger partial charge in [-0.05, 0) is 18.6 Å². The van der Waals surface area contributed by atoms with Crippen molar-refractivity contribution in [3.05, 3.63) is 34.9 Å². The number of urea groups is 1. The molecule has 1 saturated heterocycles. The van der Waals surface area contributed by atoms with Crippen LogP contribution in [0.25, 0.3) is 0 Å². The van der Waals surface area contributed by atoms with E-state index in [0.717, 1.165) is 36.8 Å². The van der Waals surface area contributed by atoms with E-state index in [1.54, 1.807) is 0 Å². The second-order valence-electron chi connectivity index (χ2n) is 5.74. The Morgan fingerprint density at radius 3 is 2.52 bits per heavy atom. The molecule has 1 aliphatic heterocycles. The molecule has 0 aromatic heterocycles. The smallest absolute Gasteiger partial charge is 0.318 e. The van der Waals surface area contributed by atoms with Gasteiger partial charge in [-0.25, -0.2) is 4.79 Å². The quantitative estimate of drug-likeness (QED) is 0.854. The number of carbonyl (C=O) groups excluding carboxylic acids is 2. The third kappa shape index (κ3) is 5.20. The minimum Gasteiger partial charge on any atom is -0.351 e. The van der Waals surface area contributed by atoms with Gasteiger partial charge in [0.25, 0.3) is 0 Å². The number of nitrogens with zero attached hydrogens (tertiary/aromatic N) is 2. The van der Waals surface area contributed by atoms with Gasteiger partial charge in [0.2, 0.25) is 5.91 Å². The summed E-state index contributed by atoms with van der Waals surface area (Å²) in [5.74, 6) is -0.329. The van der Waals surface area contributed by atoms with Gasteiger partial charge in [0.15, 0.2) is 0 Å². The van der Waals surface area contributed by atoms with Gasteiger partial charge in [0.1, 0.15) is 0 Å². The van der Waals surface area contributed by atoms with E-state index in [2.05, 4.69) is 28.1 Å². The van der Waals surface area contributed by atoms with Crippen LogP contribution < -0.4 is 11.1 Å². The second kappa shape index (κ2) is 8.29. The van der Waals surface area contributed by atoms with E-state index in [9.17, 15) is 9.59 Å². The van der Waals surface area contributed by atoms with Crippen molar-refractivity contribution >= 4 is 23.5 Å². The summed E-state index contributed by atoms with van der Waals surface area (Å²) in [5.41, 5.74) is 6.06. The van der Waals surface area contributed by atoms with Gasteiger partial charge in [-0.3, -0.25) is 15.0 Å². The van der Waals surface area contributed by atoms with Gasteiger partial charge >= 0.3 is 6.03 Å². The summed E-state index contributed by atoms with van der Waals surface area (Å²) in [6.07, 6.45) is 0.281. The molecule has 126 valence electrons. The van der Waals surface area contributed by atoms with Crippen LogP contribution in [0, 0.1) is 0 Å². The van der Waals surface area contributed by atoms with E-state index in [1.165, 1.54) is 0 Å². The number of nitrogens with one attached hydrogen (secondary N) is 1. The highest BCUT2D eigenvalue weighted by Gasteiger charge is 2.23. The number of benzene rings is 1. The Morgan fingerprint density at radius 2 is 1.91 bits per heavy atom. The molecule has 1 atom stereocenters. The fourth-order valence-corrected chi connectivity index (χ4v) is 3.14. The molecular weight excluding hydrogens is 316 g/mol. The van der Waals surface area contributed by atoms with Gasteiger partial charge < -0.3 is 10.6 Å². The van der Waals surface area contributed by atoms with Gasteiger partial charge in [-0.1, -0.05) is 29.8 Å². The minimum atomic E-state index is -0.798. The third-order valence-corrected chi connectivity index (χ3v) is 4.57. The number of nitrogens with two attached hydrogens (primary N) is 1. The molecule has 3 amide bonds. The second-order valence-corrected chi connectivity index (χ2v) is 6.14. The number of halogens is 1. The molecule has 1 fully saturated rings. The molecule has 1 unspecified atom stereocenters. The first-order valence-corrected chi connectivity index (χ1v) is 8.15. The molecule has 1 aromatic rings. The summed E-state index contributed by atoms with van der Waals surface area (Å²) < 4.78 is 0.